The second kappa shape index (κ2) is 10.5. The minimum Gasteiger partial charge on any atom is -0.343 e. The average Bonchev–Trinajstić information content (AvgIpc) is 2.17. The molecule has 14 heavy (non-hydrogen) atoms. The Morgan fingerprint density at radius 1 is 1.07 bits per heavy atom. The van der Waals surface area contributed by atoms with Crippen LogP contribution in [0.3, 0.4) is 0 Å². The molecule has 0 fully saturated rings. The van der Waals surface area contributed by atoms with Crippen LogP contribution >= 0.6 is 0 Å². The molecule has 0 amide bonds. The first kappa shape index (κ1) is 17.4. The molecule has 0 rings (SSSR count). The summed E-state index contributed by atoms with van der Waals surface area (Å²) in [5.41, 5.74) is 0.296. The van der Waals surface area contributed by atoms with Gasteiger partial charge in [-0.3, -0.25) is 4.39 Å². The Labute approximate surface area is 113 Å². The number of unbranched alkanes of at least 4 members (excludes halogenated alkanes) is 1. The molecule has 0 nitrogen and oxygen atoms in total. The molecule has 2 heteroatoms. The largest absolute Gasteiger partial charge is 2.00 e. The fraction of sp³-hybridized carbons (Fsp3) is 0.833. The van der Waals surface area contributed by atoms with Gasteiger partial charge < -0.3 is 13.8 Å². The molecule has 0 atom stereocenters. The zero-order chi connectivity index (χ0) is 10.2. The Bertz CT molecular complexity index is 111. The molecule has 0 unspecified atom stereocenters. The predicted octanol–water partition coefficient (Wildman–Crippen LogP) is 4.36. The molecule has 0 aliphatic carbocycles. The Kier molecular flexibility index (Phi) is 13.0. The van der Waals surface area contributed by atoms with Crippen LogP contribution in [0.15, 0.2) is 0 Å². The second-order valence-corrected chi connectivity index (χ2v) is 3.90. The first-order valence-electron chi connectivity index (χ1n) is 5.39. The molecule has 82 valence electrons. The van der Waals surface area contributed by atoms with Gasteiger partial charge >= 0.3 is 31.1 Å². The first-order valence-corrected chi connectivity index (χ1v) is 5.39. The summed E-state index contributed by atoms with van der Waals surface area (Å²) in [5, 5.41) is 0. The summed E-state index contributed by atoms with van der Waals surface area (Å²) in [7, 11) is 0. The molecule has 0 saturated heterocycles. The van der Waals surface area contributed by atoms with Crippen LogP contribution in [-0.2, 0) is 0 Å². The Morgan fingerprint density at radius 2 is 1.64 bits per heavy atom. The third-order valence-corrected chi connectivity index (χ3v) is 2.93. The number of halogens is 1. The molecule has 0 aliphatic heterocycles. The van der Waals surface area contributed by atoms with E-state index in [1.807, 2.05) is 0 Å². The van der Waals surface area contributed by atoms with E-state index in [9.17, 15) is 4.39 Å². The molecule has 0 aromatic heterocycles. The monoisotopic (exact) mass is 424 g/mol. The van der Waals surface area contributed by atoms with Crippen LogP contribution in [0.2, 0.25) is 0 Å². The van der Waals surface area contributed by atoms with E-state index in [0.717, 1.165) is 25.7 Å². The summed E-state index contributed by atoms with van der Waals surface area (Å²) in [4.78, 5) is 0. The van der Waals surface area contributed by atoms with Crippen molar-refractivity contribution in [2.45, 2.75) is 51.9 Å². The molecular weight excluding hydrogens is 401 g/mol. The van der Waals surface area contributed by atoms with Crippen molar-refractivity contribution in [1.29, 1.82) is 0 Å². The van der Waals surface area contributed by atoms with Gasteiger partial charge in [-0.25, -0.2) is 0 Å². The van der Waals surface area contributed by atoms with Crippen molar-refractivity contribution >= 4 is 0 Å². The maximum atomic E-state index is 11.9. The van der Waals surface area contributed by atoms with Crippen molar-refractivity contribution in [3.63, 3.8) is 0 Å². The summed E-state index contributed by atoms with van der Waals surface area (Å²) >= 11 is 0. The van der Waals surface area contributed by atoms with Crippen LogP contribution in [0.5, 0.6) is 0 Å². The van der Waals surface area contributed by atoms with E-state index in [0.29, 0.717) is 11.8 Å². The predicted molar refractivity (Wildman–Crippen MR) is 57.1 cm³/mol. The minimum atomic E-state index is -0.184. The number of hydrogen-bond acceptors (Lipinski definition) is 0. The van der Waals surface area contributed by atoms with E-state index in [1.54, 1.807) is 0 Å². The quantitative estimate of drug-likeness (QED) is 0.401. The zero-order valence-corrected chi connectivity index (χ0v) is 13.6. The van der Waals surface area contributed by atoms with Gasteiger partial charge in [-0.1, -0.05) is 38.0 Å². The zero-order valence-electron chi connectivity index (χ0n) is 9.45. The van der Waals surface area contributed by atoms with Gasteiger partial charge in [-0.15, -0.1) is 0 Å². The molecule has 0 radical (unpaired) electrons. The summed E-state index contributed by atoms with van der Waals surface area (Å²) in [5.74, 6) is 0. The van der Waals surface area contributed by atoms with Crippen LogP contribution in [0.1, 0.15) is 51.9 Å². The van der Waals surface area contributed by atoms with Crippen LogP contribution in [0.4, 0.5) is 4.39 Å². The van der Waals surface area contributed by atoms with Gasteiger partial charge in [0, 0.05) is 0 Å². The second-order valence-electron chi connectivity index (χ2n) is 3.90. The SMILES string of the molecule is [CH2-]CC(C[CH2-])(CCC)CCCCF.[U+2]. The Morgan fingerprint density at radius 3 is 2.00 bits per heavy atom. The van der Waals surface area contributed by atoms with Crippen LogP contribution in [0.25, 0.3) is 0 Å². The molecule has 0 spiro atoms. The fourth-order valence-corrected chi connectivity index (χ4v) is 1.87. The summed E-state index contributed by atoms with van der Waals surface area (Å²) in [6, 6.07) is 0. The van der Waals surface area contributed by atoms with Crippen LogP contribution < -0.4 is 0 Å². The van der Waals surface area contributed by atoms with E-state index in [4.69, 9.17) is 0 Å². The van der Waals surface area contributed by atoms with Gasteiger partial charge in [0.25, 0.3) is 0 Å². The van der Waals surface area contributed by atoms with Gasteiger partial charge in [-0.05, 0) is 6.42 Å². The summed E-state index contributed by atoms with van der Waals surface area (Å²) < 4.78 is 11.9. The topological polar surface area (TPSA) is 0 Å². The van der Waals surface area contributed by atoms with Crippen molar-refractivity contribution in [2.24, 2.45) is 5.41 Å². The van der Waals surface area contributed by atoms with Crippen LogP contribution in [-0.4, -0.2) is 6.67 Å². The van der Waals surface area contributed by atoms with E-state index >= 15 is 0 Å². The van der Waals surface area contributed by atoms with E-state index in [2.05, 4.69) is 20.8 Å². The Hall–Kier alpha value is 0.982. The van der Waals surface area contributed by atoms with Crippen molar-refractivity contribution in [2.75, 3.05) is 6.67 Å². The molecule has 0 aromatic rings. The maximum Gasteiger partial charge on any atom is 2.00 e. The molecule has 0 N–H and O–H groups in total. The average molecular weight is 424 g/mol. The minimum absolute atomic E-state index is 0. The normalized spacial score (nSPS) is 11.1. The third kappa shape index (κ3) is 6.46. The van der Waals surface area contributed by atoms with Gasteiger partial charge in [0.1, 0.15) is 0 Å². The number of alkyl halides is 1. The third-order valence-electron chi connectivity index (χ3n) is 2.93. The van der Waals surface area contributed by atoms with E-state index in [-0.39, 0.29) is 37.8 Å². The van der Waals surface area contributed by atoms with Gasteiger partial charge in [0.15, 0.2) is 0 Å². The number of hydrogen-bond donors (Lipinski definition) is 0. The molecule has 0 saturated carbocycles. The fourth-order valence-electron chi connectivity index (χ4n) is 1.87. The van der Waals surface area contributed by atoms with Crippen LogP contribution in [0, 0.1) is 50.4 Å². The molecule has 0 heterocycles. The summed E-state index contributed by atoms with van der Waals surface area (Å²) in [6.45, 7) is 9.99. The molecule has 0 aliphatic rings. The van der Waals surface area contributed by atoms with Gasteiger partial charge in [0.2, 0.25) is 0 Å². The van der Waals surface area contributed by atoms with Crippen molar-refractivity contribution in [3.8, 4) is 0 Å². The van der Waals surface area contributed by atoms with Gasteiger partial charge in [0.05, 0.1) is 6.67 Å². The number of rotatable bonds is 8. The summed E-state index contributed by atoms with van der Waals surface area (Å²) in [6.07, 6.45) is 7.03. The van der Waals surface area contributed by atoms with Gasteiger partial charge in [-0.2, -0.15) is 12.8 Å². The molecule has 0 bridgehead atoms. The first-order chi connectivity index (χ1) is 6.24. The molecule has 0 aromatic carbocycles. The standard InChI is InChI=1S/C12H23F.U/c1-4-9-12(5-2,6-3)10-7-8-11-13;/h2-11H2,1H3;/q-2;+2. The van der Waals surface area contributed by atoms with Crippen molar-refractivity contribution in [1.82, 2.24) is 0 Å². The molecular formula is C12H23FU. The van der Waals surface area contributed by atoms with E-state index < -0.39 is 0 Å². The van der Waals surface area contributed by atoms with Crippen molar-refractivity contribution < 1.29 is 35.5 Å². The van der Waals surface area contributed by atoms with Crippen molar-refractivity contribution in [3.05, 3.63) is 13.8 Å². The smallest absolute Gasteiger partial charge is 0.343 e. The Balaban J connectivity index is 0. The van der Waals surface area contributed by atoms with E-state index in [1.165, 1.54) is 12.8 Å². The maximum absolute atomic E-state index is 11.9.